The summed E-state index contributed by atoms with van der Waals surface area (Å²) in [7, 11) is 0. The lowest BCUT2D eigenvalue weighted by atomic mass is 10.3. The largest absolute Gasteiger partial charge is 0.461 e. The van der Waals surface area contributed by atoms with Crippen LogP contribution in [-0.2, 0) is 4.74 Å². The van der Waals surface area contributed by atoms with Gasteiger partial charge in [-0.25, -0.2) is 13.9 Å². The normalized spacial score (nSPS) is 10.4. The summed E-state index contributed by atoms with van der Waals surface area (Å²) in [6.45, 7) is 1.92. The number of hydrogen-bond donors (Lipinski definition) is 0. The van der Waals surface area contributed by atoms with Crippen LogP contribution in [0.1, 0.15) is 17.4 Å². The molecule has 0 radical (unpaired) electrons. The third-order valence-corrected chi connectivity index (χ3v) is 2.37. The van der Waals surface area contributed by atoms with Crippen LogP contribution in [-0.4, -0.2) is 27.6 Å². The molecule has 0 unspecified atom stereocenters. The first-order valence-electron chi connectivity index (χ1n) is 5.16. The summed E-state index contributed by atoms with van der Waals surface area (Å²) in [5.74, 6) is -1.15. The monoisotopic (exact) mass is 269 g/mol. The maximum absolute atomic E-state index is 13.6. The fourth-order valence-corrected chi connectivity index (χ4v) is 1.51. The number of halogens is 2. The van der Waals surface area contributed by atoms with Crippen LogP contribution in [0.15, 0.2) is 24.4 Å². The van der Waals surface area contributed by atoms with Crippen LogP contribution in [0.2, 0.25) is 5.02 Å². The van der Waals surface area contributed by atoms with Crippen molar-refractivity contribution in [3.63, 3.8) is 0 Å². The quantitative estimate of drug-likeness (QED) is 0.802. The first kappa shape index (κ1) is 12.5. The van der Waals surface area contributed by atoms with Gasteiger partial charge in [-0.05, 0) is 25.1 Å². The van der Waals surface area contributed by atoms with E-state index in [-0.39, 0.29) is 23.0 Å². The van der Waals surface area contributed by atoms with E-state index >= 15 is 0 Å². The first-order valence-corrected chi connectivity index (χ1v) is 5.54. The smallest absolute Gasteiger partial charge is 0.360 e. The van der Waals surface area contributed by atoms with Crippen molar-refractivity contribution in [2.24, 2.45) is 0 Å². The Morgan fingerprint density at radius 1 is 1.56 bits per heavy atom. The van der Waals surface area contributed by atoms with Gasteiger partial charge in [0.15, 0.2) is 5.69 Å². The SMILES string of the molecule is CCOC(=O)c1cn(-c2ccc(Cl)cc2F)nn1. The summed E-state index contributed by atoms with van der Waals surface area (Å²) in [4.78, 5) is 11.4. The van der Waals surface area contributed by atoms with E-state index in [0.29, 0.717) is 0 Å². The van der Waals surface area contributed by atoms with Gasteiger partial charge in [0.1, 0.15) is 11.5 Å². The van der Waals surface area contributed by atoms with E-state index in [9.17, 15) is 9.18 Å². The molecule has 0 aliphatic carbocycles. The average molecular weight is 270 g/mol. The standard InChI is InChI=1S/C11H9ClFN3O2/c1-2-18-11(17)9-6-16(15-14-9)10-4-3-7(12)5-8(10)13/h3-6H,2H2,1H3. The zero-order valence-corrected chi connectivity index (χ0v) is 10.2. The van der Waals surface area contributed by atoms with Gasteiger partial charge in [0.05, 0.1) is 12.8 Å². The minimum absolute atomic E-state index is 0.0196. The van der Waals surface area contributed by atoms with E-state index in [1.165, 1.54) is 18.3 Å². The maximum Gasteiger partial charge on any atom is 0.360 e. The van der Waals surface area contributed by atoms with Crippen LogP contribution in [0.3, 0.4) is 0 Å². The molecule has 18 heavy (non-hydrogen) atoms. The number of rotatable bonds is 3. The average Bonchev–Trinajstić information content (AvgIpc) is 2.78. The van der Waals surface area contributed by atoms with Gasteiger partial charge in [0.25, 0.3) is 0 Å². The van der Waals surface area contributed by atoms with E-state index < -0.39 is 11.8 Å². The van der Waals surface area contributed by atoms with Crippen LogP contribution in [0, 0.1) is 5.82 Å². The molecule has 94 valence electrons. The number of aromatic nitrogens is 3. The Morgan fingerprint density at radius 2 is 2.33 bits per heavy atom. The van der Waals surface area contributed by atoms with Gasteiger partial charge in [0.2, 0.25) is 0 Å². The van der Waals surface area contributed by atoms with Gasteiger partial charge in [-0.3, -0.25) is 0 Å². The molecule has 0 N–H and O–H groups in total. The van der Waals surface area contributed by atoms with Crippen LogP contribution < -0.4 is 0 Å². The minimum atomic E-state index is -0.599. The zero-order chi connectivity index (χ0) is 13.1. The third-order valence-electron chi connectivity index (χ3n) is 2.13. The highest BCUT2D eigenvalue weighted by Gasteiger charge is 2.14. The number of carbonyl (C=O) groups excluding carboxylic acids is 1. The van der Waals surface area contributed by atoms with E-state index in [4.69, 9.17) is 16.3 Å². The molecule has 0 bridgehead atoms. The summed E-state index contributed by atoms with van der Waals surface area (Å²) in [5.41, 5.74) is 0.175. The first-order chi connectivity index (χ1) is 8.61. The molecule has 0 aliphatic heterocycles. The number of carbonyl (C=O) groups is 1. The van der Waals surface area contributed by atoms with Crippen molar-refractivity contribution in [3.8, 4) is 5.69 Å². The lowest BCUT2D eigenvalue weighted by molar-refractivity contribution is 0.0519. The lowest BCUT2D eigenvalue weighted by Crippen LogP contribution is -2.04. The summed E-state index contributed by atoms with van der Waals surface area (Å²) in [5, 5.41) is 7.56. The van der Waals surface area contributed by atoms with E-state index in [2.05, 4.69) is 10.3 Å². The highest BCUT2D eigenvalue weighted by molar-refractivity contribution is 6.30. The van der Waals surface area contributed by atoms with Gasteiger partial charge in [0, 0.05) is 5.02 Å². The van der Waals surface area contributed by atoms with Crippen LogP contribution in [0.25, 0.3) is 5.69 Å². The molecular weight excluding hydrogens is 261 g/mol. The molecule has 5 nitrogen and oxygen atoms in total. The molecule has 0 aliphatic rings. The second-order valence-corrected chi connectivity index (χ2v) is 3.80. The molecule has 0 fully saturated rings. The van der Waals surface area contributed by atoms with E-state index in [1.54, 1.807) is 6.92 Å². The topological polar surface area (TPSA) is 57.0 Å². The van der Waals surface area contributed by atoms with Crippen molar-refractivity contribution in [2.75, 3.05) is 6.61 Å². The molecular formula is C11H9ClFN3O2. The highest BCUT2D eigenvalue weighted by atomic mass is 35.5. The van der Waals surface area contributed by atoms with Crippen LogP contribution >= 0.6 is 11.6 Å². The summed E-state index contributed by atoms with van der Waals surface area (Å²) < 4.78 is 19.5. The van der Waals surface area contributed by atoms with Gasteiger partial charge in [-0.15, -0.1) is 5.10 Å². The molecule has 0 atom stereocenters. The molecule has 0 spiro atoms. The number of nitrogens with zero attached hydrogens (tertiary/aromatic N) is 3. The van der Waals surface area contributed by atoms with Crippen molar-refractivity contribution in [3.05, 3.63) is 40.9 Å². The fraction of sp³-hybridized carbons (Fsp3) is 0.182. The number of hydrogen-bond acceptors (Lipinski definition) is 4. The van der Waals surface area contributed by atoms with Gasteiger partial charge in [-0.1, -0.05) is 16.8 Å². The predicted octanol–water partition coefficient (Wildman–Crippen LogP) is 2.24. The van der Waals surface area contributed by atoms with E-state index in [0.717, 1.165) is 10.7 Å². The summed E-state index contributed by atoms with van der Waals surface area (Å²) in [6.07, 6.45) is 1.30. The van der Waals surface area contributed by atoms with Crippen molar-refractivity contribution >= 4 is 17.6 Å². The second kappa shape index (κ2) is 5.14. The molecule has 1 aromatic heterocycles. The Bertz CT molecular complexity index is 585. The molecule has 0 amide bonds. The van der Waals surface area contributed by atoms with Gasteiger partial charge >= 0.3 is 5.97 Å². The lowest BCUT2D eigenvalue weighted by Gasteiger charge is -2.01. The Labute approximate surface area is 107 Å². The molecule has 0 saturated heterocycles. The third kappa shape index (κ3) is 2.48. The maximum atomic E-state index is 13.6. The molecule has 7 heteroatoms. The van der Waals surface area contributed by atoms with Gasteiger partial charge < -0.3 is 4.74 Å². The predicted molar refractivity (Wildman–Crippen MR) is 62.3 cm³/mol. The number of esters is 1. The van der Waals surface area contributed by atoms with E-state index in [1.807, 2.05) is 0 Å². The summed E-state index contributed by atoms with van der Waals surface area (Å²) in [6, 6.07) is 4.12. The zero-order valence-electron chi connectivity index (χ0n) is 9.43. The molecule has 2 rings (SSSR count). The Morgan fingerprint density at radius 3 is 3.00 bits per heavy atom. The minimum Gasteiger partial charge on any atom is -0.461 e. The fourth-order valence-electron chi connectivity index (χ4n) is 1.35. The Balaban J connectivity index is 2.32. The number of benzene rings is 1. The second-order valence-electron chi connectivity index (χ2n) is 3.36. The Hall–Kier alpha value is -1.95. The van der Waals surface area contributed by atoms with Crippen molar-refractivity contribution < 1.29 is 13.9 Å². The van der Waals surface area contributed by atoms with Crippen molar-refractivity contribution in [1.29, 1.82) is 0 Å². The Kier molecular flexibility index (Phi) is 3.57. The van der Waals surface area contributed by atoms with Crippen LogP contribution in [0.4, 0.5) is 4.39 Å². The summed E-state index contributed by atoms with van der Waals surface area (Å²) >= 11 is 5.64. The highest BCUT2D eigenvalue weighted by Crippen LogP contribution is 2.17. The van der Waals surface area contributed by atoms with Gasteiger partial charge in [-0.2, -0.15) is 0 Å². The van der Waals surface area contributed by atoms with Crippen LogP contribution in [0.5, 0.6) is 0 Å². The molecule has 0 saturated carbocycles. The molecule has 1 heterocycles. The molecule has 1 aromatic carbocycles. The number of ether oxygens (including phenoxy) is 1. The van der Waals surface area contributed by atoms with Crippen molar-refractivity contribution in [2.45, 2.75) is 6.92 Å². The van der Waals surface area contributed by atoms with Crippen molar-refractivity contribution in [1.82, 2.24) is 15.0 Å². The molecule has 2 aromatic rings.